The number of benzene rings is 2. The van der Waals surface area contributed by atoms with Gasteiger partial charge >= 0.3 is 0 Å². The molecule has 26 heavy (non-hydrogen) atoms. The van der Waals surface area contributed by atoms with E-state index in [-0.39, 0.29) is 23.3 Å². The summed E-state index contributed by atoms with van der Waals surface area (Å²) in [6.07, 6.45) is 1.87. The van der Waals surface area contributed by atoms with Crippen LogP contribution in [0, 0.1) is 5.92 Å². The van der Waals surface area contributed by atoms with E-state index >= 15 is 0 Å². The van der Waals surface area contributed by atoms with E-state index in [4.69, 9.17) is 0 Å². The topological polar surface area (TPSA) is 101 Å². The minimum Gasteiger partial charge on any atom is -0.326 e. The molecule has 4 rings (SSSR count). The maximum absolute atomic E-state index is 12.6. The molecule has 0 radical (unpaired) electrons. The molecular weight excluding hydrogens is 372 g/mol. The van der Waals surface area contributed by atoms with Gasteiger partial charge in [-0.3, -0.25) is 4.79 Å². The second kappa shape index (κ2) is 6.75. The van der Waals surface area contributed by atoms with E-state index in [9.17, 15) is 13.2 Å². The molecule has 1 aromatic heterocycles. The molecule has 1 aliphatic carbocycles. The maximum atomic E-state index is 12.6. The molecule has 0 unspecified atom stereocenters. The number of hydrogen-bond donors (Lipinski definition) is 2. The summed E-state index contributed by atoms with van der Waals surface area (Å²) < 4.78 is 36.0. The third-order valence-corrected chi connectivity index (χ3v) is 6.12. The van der Waals surface area contributed by atoms with Crippen LogP contribution in [-0.2, 0) is 21.4 Å². The summed E-state index contributed by atoms with van der Waals surface area (Å²) in [6.45, 7) is 0.115. The lowest BCUT2D eigenvalue weighted by Gasteiger charge is -2.09. The molecule has 2 aromatic carbocycles. The lowest BCUT2D eigenvalue weighted by molar-refractivity contribution is -0.117. The zero-order valence-electron chi connectivity index (χ0n) is 13.7. The largest absolute Gasteiger partial charge is 0.326 e. The van der Waals surface area contributed by atoms with E-state index in [1.165, 1.54) is 6.07 Å². The first-order valence-electron chi connectivity index (χ1n) is 8.14. The van der Waals surface area contributed by atoms with Gasteiger partial charge in [-0.25, -0.2) is 13.1 Å². The van der Waals surface area contributed by atoms with Crippen molar-refractivity contribution < 1.29 is 13.2 Å². The molecular formula is C17H16N4O3S2. The highest BCUT2D eigenvalue weighted by atomic mass is 32.2. The Hall–Kier alpha value is -2.36. The second-order valence-electron chi connectivity index (χ2n) is 6.18. The molecule has 0 spiro atoms. The number of rotatable bonds is 6. The number of aromatic nitrogens is 2. The Bertz CT molecular complexity index is 1070. The number of nitrogens with one attached hydrogen (secondary N) is 2. The van der Waals surface area contributed by atoms with Gasteiger partial charge in [-0.05, 0) is 42.7 Å². The predicted octanol–water partition coefficient (Wildman–Crippen LogP) is 2.52. The number of nitrogens with zero attached hydrogens (tertiary/aromatic N) is 2. The van der Waals surface area contributed by atoms with E-state index in [1.54, 1.807) is 36.4 Å². The first-order valence-corrected chi connectivity index (χ1v) is 10.3. The number of carbonyl (C=O) groups excluding carboxylic acids is 1. The van der Waals surface area contributed by atoms with E-state index in [1.807, 2.05) is 0 Å². The summed E-state index contributed by atoms with van der Waals surface area (Å²) in [7, 11) is -3.73. The molecule has 1 amide bonds. The van der Waals surface area contributed by atoms with Crippen LogP contribution in [-0.4, -0.2) is 23.1 Å². The molecule has 0 aliphatic heterocycles. The van der Waals surface area contributed by atoms with Crippen LogP contribution in [0.1, 0.15) is 18.4 Å². The first kappa shape index (κ1) is 17.1. The van der Waals surface area contributed by atoms with Crippen molar-refractivity contribution in [3.8, 4) is 0 Å². The highest BCUT2D eigenvalue weighted by molar-refractivity contribution is 7.89. The SMILES string of the molecule is O=C(Nc1cccc(CNS(=O)(=O)c2cccc3nsnc23)c1)C1CC1. The normalized spacial score (nSPS) is 14.5. The third kappa shape index (κ3) is 3.59. The van der Waals surface area contributed by atoms with Crippen molar-refractivity contribution in [2.75, 3.05) is 5.32 Å². The number of sulfonamides is 1. The minimum atomic E-state index is -3.73. The van der Waals surface area contributed by atoms with Crippen LogP contribution in [0.25, 0.3) is 11.0 Å². The highest BCUT2D eigenvalue weighted by Crippen LogP contribution is 2.30. The summed E-state index contributed by atoms with van der Waals surface area (Å²) in [6, 6.07) is 12.0. The second-order valence-corrected chi connectivity index (χ2v) is 8.44. The van der Waals surface area contributed by atoms with Crippen LogP contribution in [0.3, 0.4) is 0 Å². The standard InChI is InChI=1S/C17H16N4O3S2/c22-17(12-7-8-12)19-13-4-1-3-11(9-13)10-18-26(23,24)15-6-2-5-14-16(15)21-25-20-14/h1-6,9,12,18H,7-8,10H2,(H,19,22). The molecule has 7 nitrogen and oxygen atoms in total. The molecule has 3 aromatic rings. The van der Waals surface area contributed by atoms with Gasteiger partial charge in [0.1, 0.15) is 15.9 Å². The van der Waals surface area contributed by atoms with Gasteiger partial charge in [-0.1, -0.05) is 18.2 Å². The van der Waals surface area contributed by atoms with E-state index in [0.29, 0.717) is 16.7 Å². The quantitative estimate of drug-likeness (QED) is 0.676. The van der Waals surface area contributed by atoms with Crippen LogP contribution < -0.4 is 10.0 Å². The fourth-order valence-electron chi connectivity index (χ4n) is 2.60. The van der Waals surface area contributed by atoms with E-state index < -0.39 is 10.0 Å². The number of carbonyl (C=O) groups is 1. The Morgan fingerprint density at radius 1 is 1.15 bits per heavy atom. The highest BCUT2D eigenvalue weighted by Gasteiger charge is 2.29. The number of fused-ring (bicyclic) bond motifs is 1. The summed E-state index contributed by atoms with van der Waals surface area (Å²) >= 11 is 0.980. The Morgan fingerprint density at radius 2 is 1.96 bits per heavy atom. The summed E-state index contributed by atoms with van der Waals surface area (Å²) in [5.41, 5.74) is 2.35. The van der Waals surface area contributed by atoms with Gasteiger partial charge in [-0.2, -0.15) is 8.75 Å². The van der Waals surface area contributed by atoms with Gasteiger partial charge < -0.3 is 5.32 Å². The van der Waals surface area contributed by atoms with E-state index in [0.717, 1.165) is 30.1 Å². The van der Waals surface area contributed by atoms with Crippen molar-refractivity contribution in [2.24, 2.45) is 5.92 Å². The average Bonchev–Trinajstić information content (AvgIpc) is 3.37. The molecule has 1 saturated carbocycles. The summed E-state index contributed by atoms with van der Waals surface area (Å²) in [5.74, 6) is 0.134. The Balaban J connectivity index is 1.49. The van der Waals surface area contributed by atoms with E-state index in [2.05, 4.69) is 18.8 Å². The minimum absolute atomic E-state index is 0.0189. The van der Waals surface area contributed by atoms with Crippen LogP contribution in [0.5, 0.6) is 0 Å². The number of amides is 1. The fraction of sp³-hybridized carbons (Fsp3) is 0.235. The summed E-state index contributed by atoms with van der Waals surface area (Å²) in [5, 5.41) is 2.86. The molecule has 9 heteroatoms. The molecule has 134 valence electrons. The smallest absolute Gasteiger partial charge is 0.243 e. The van der Waals surface area contributed by atoms with Crippen molar-refractivity contribution in [2.45, 2.75) is 24.3 Å². The summed E-state index contributed by atoms with van der Waals surface area (Å²) in [4.78, 5) is 12.0. The molecule has 0 saturated heterocycles. The van der Waals surface area contributed by atoms with Crippen molar-refractivity contribution in [1.82, 2.24) is 13.5 Å². The molecule has 0 bridgehead atoms. The lowest BCUT2D eigenvalue weighted by atomic mass is 10.2. The molecule has 1 heterocycles. The predicted molar refractivity (Wildman–Crippen MR) is 99.2 cm³/mol. The number of hydrogen-bond acceptors (Lipinski definition) is 6. The van der Waals surface area contributed by atoms with Crippen molar-refractivity contribution >= 4 is 44.4 Å². The van der Waals surface area contributed by atoms with Gasteiger partial charge in [0.25, 0.3) is 0 Å². The zero-order chi connectivity index (χ0) is 18.1. The van der Waals surface area contributed by atoms with Crippen LogP contribution >= 0.6 is 11.7 Å². The van der Waals surface area contributed by atoms with Crippen LogP contribution in [0.4, 0.5) is 5.69 Å². The number of anilines is 1. The van der Waals surface area contributed by atoms with Gasteiger partial charge in [0.05, 0.1) is 11.7 Å². The fourth-order valence-corrected chi connectivity index (χ4v) is 4.39. The zero-order valence-corrected chi connectivity index (χ0v) is 15.3. The average molecular weight is 388 g/mol. The monoisotopic (exact) mass is 388 g/mol. The Morgan fingerprint density at radius 3 is 2.77 bits per heavy atom. The van der Waals surface area contributed by atoms with Gasteiger partial charge in [-0.15, -0.1) is 0 Å². The van der Waals surface area contributed by atoms with Crippen LogP contribution in [0.15, 0.2) is 47.4 Å². The van der Waals surface area contributed by atoms with Crippen molar-refractivity contribution in [3.63, 3.8) is 0 Å². The lowest BCUT2D eigenvalue weighted by Crippen LogP contribution is -2.23. The van der Waals surface area contributed by atoms with Gasteiger partial charge in [0.2, 0.25) is 15.9 Å². The first-order chi connectivity index (χ1) is 12.5. The molecule has 1 aliphatic rings. The third-order valence-electron chi connectivity index (χ3n) is 4.15. The molecule has 2 N–H and O–H groups in total. The van der Waals surface area contributed by atoms with Crippen molar-refractivity contribution in [3.05, 3.63) is 48.0 Å². The Kier molecular flexibility index (Phi) is 4.43. The van der Waals surface area contributed by atoms with Gasteiger partial charge in [0, 0.05) is 18.2 Å². The van der Waals surface area contributed by atoms with Gasteiger partial charge in [0.15, 0.2) is 0 Å². The Labute approximate surface area is 154 Å². The maximum Gasteiger partial charge on any atom is 0.243 e. The molecule has 1 fully saturated rings. The molecule has 0 atom stereocenters. The van der Waals surface area contributed by atoms with Crippen molar-refractivity contribution in [1.29, 1.82) is 0 Å². The van der Waals surface area contributed by atoms with Crippen LogP contribution in [0.2, 0.25) is 0 Å².